The van der Waals surface area contributed by atoms with E-state index < -0.39 is 29.4 Å². The molecule has 0 saturated carbocycles. The topological polar surface area (TPSA) is 95.8 Å². The minimum Gasteiger partial charge on any atom is -0.338 e. The van der Waals surface area contributed by atoms with Crippen molar-refractivity contribution in [3.05, 3.63) is 40.8 Å². The average Bonchev–Trinajstić information content (AvgIpc) is 3.28. The maximum absolute atomic E-state index is 13.5. The predicted octanol–water partition coefficient (Wildman–Crippen LogP) is 3.01. The number of hydrogen-bond donors (Lipinski definition) is 1. The summed E-state index contributed by atoms with van der Waals surface area (Å²) in [6, 6.07) is 0.411. The number of halogens is 3. The van der Waals surface area contributed by atoms with E-state index in [1.54, 1.807) is 6.92 Å². The molecule has 31 heavy (non-hydrogen) atoms. The van der Waals surface area contributed by atoms with Crippen molar-refractivity contribution < 1.29 is 32.1 Å². The standard InChI is InChI=1S/C20H19F3N4O4/c1-10-6-16-13(19(31-25-16)26-4-2-11(3-5-28)18(26)29)9-27(10)20(30)24-12-7-14(21)17(23)15(22)8-12/h5,7-8,10-11H,2-4,6,9H2,1H3,(H,24,30). The highest BCUT2D eigenvalue weighted by atomic mass is 19.2. The summed E-state index contributed by atoms with van der Waals surface area (Å²) in [5, 5.41) is 6.40. The van der Waals surface area contributed by atoms with Crippen LogP contribution in [0.5, 0.6) is 0 Å². The Morgan fingerprint density at radius 1 is 1.32 bits per heavy atom. The quantitative estimate of drug-likeness (QED) is 0.587. The number of nitrogens with zero attached hydrogens (tertiary/aromatic N) is 3. The first-order valence-electron chi connectivity index (χ1n) is 9.74. The SMILES string of the molecule is CC1Cc2noc(N3CCC(CC=O)C3=O)c2CN1C(=O)Nc1cc(F)c(F)c(F)c1. The zero-order valence-corrected chi connectivity index (χ0v) is 16.5. The van der Waals surface area contributed by atoms with Gasteiger partial charge in [0.15, 0.2) is 17.5 Å². The van der Waals surface area contributed by atoms with Crippen LogP contribution in [0.4, 0.5) is 29.5 Å². The average molecular weight is 436 g/mol. The Morgan fingerprint density at radius 3 is 2.71 bits per heavy atom. The van der Waals surface area contributed by atoms with E-state index in [0.29, 0.717) is 49.1 Å². The third-order valence-electron chi connectivity index (χ3n) is 5.64. The van der Waals surface area contributed by atoms with Crippen LogP contribution in [0.15, 0.2) is 16.7 Å². The Balaban J connectivity index is 1.54. The number of benzene rings is 1. The number of carbonyl (C=O) groups excluding carboxylic acids is 3. The first-order valence-corrected chi connectivity index (χ1v) is 9.74. The summed E-state index contributed by atoms with van der Waals surface area (Å²) in [5.74, 6) is -4.87. The van der Waals surface area contributed by atoms with Gasteiger partial charge < -0.3 is 19.5 Å². The molecular weight excluding hydrogens is 417 g/mol. The summed E-state index contributed by atoms with van der Waals surface area (Å²) in [7, 11) is 0. The lowest BCUT2D eigenvalue weighted by molar-refractivity contribution is -0.122. The lowest BCUT2D eigenvalue weighted by Crippen LogP contribution is -2.45. The van der Waals surface area contributed by atoms with Crippen molar-refractivity contribution in [1.82, 2.24) is 10.1 Å². The molecule has 2 atom stereocenters. The number of nitrogens with one attached hydrogen (secondary N) is 1. The van der Waals surface area contributed by atoms with Gasteiger partial charge in [-0.3, -0.25) is 9.69 Å². The van der Waals surface area contributed by atoms with Crippen molar-refractivity contribution >= 4 is 29.8 Å². The first kappa shape index (κ1) is 20.9. The van der Waals surface area contributed by atoms with Crippen LogP contribution in [0.3, 0.4) is 0 Å². The number of aldehydes is 1. The van der Waals surface area contributed by atoms with Gasteiger partial charge in [-0.2, -0.15) is 0 Å². The molecule has 2 aromatic rings. The Morgan fingerprint density at radius 2 is 2.03 bits per heavy atom. The minimum absolute atomic E-state index is 0.0510. The van der Waals surface area contributed by atoms with Crippen molar-refractivity contribution in [2.75, 3.05) is 16.8 Å². The van der Waals surface area contributed by atoms with Gasteiger partial charge in [0.2, 0.25) is 11.8 Å². The van der Waals surface area contributed by atoms with Crippen LogP contribution in [0.2, 0.25) is 0 Å². The van der Waals surface area contributed by atoms with Crippen LogP contribution >= 0.6 is 0 Å². The summed E-state index contributed by atoms with van der Waals surface area (Å²) in [6.07, 6.45) is 1.69. The Hall–Kier alpha value is -3.37. The summed E-state index contributed by atoms with van der Waals surface area (Å²) in [4.78, 5) is 38.9. The molecule has 3 amide bonds. The monoisotopic (exact) mass is 436 g/mol. The molecule has 0 spiro atoms. The highest BCUT2D eigenvalue weighted by Gasteiger charge is 2.39. The Kier molecular flexibility index (Phi) is 5.42. The predicted molar refractivity (Wildman–Crippen MR) is 102 cm³/mol. The molecule has 11 heteroatoms. The Bertz CT molecular complexity index is 1030. The van der Waals surface area contributed by atoms with E-state index in [4.69, 9.17) is 4.52 Å². The molecule has 0 aliphatic carbocycles. The lowest BCUT2D eigenvalue weighted by Gasteiger charge is -2.33. The number of fused-ring (bicyclic) bond motifs is 1. The van der Waals surface area contributed by atoms with Gasteiger partial charge in [-0.05, 0) is 13.3 Å². The van der Waals surface area contributed by atoms with Crippen molar-refractivity contribution in [2.45, 2.75) is 38.8 Å². The fourth-order valence-electron chi connectivity index (χ4n) is 3.95. The van der Waals surface area contributed by atoms with Crippen LogP contribution in [0, 0.1) is 23.4 Å². The van der Waals surface area contributed by atoms with E-state index in [1.807, 2.05) is 0 Å². The molecule has 4 rings (SSSR count). The fourth-order valence-corrected chi connectivity index (χ4v) is 3.95. The molecule has 8 nitrogen and oxygen atoms in total. The minimum atomic E-state index is -1.62. The van der Waals surface area contributed by atoms with Gasteiger partial charge in [0.05, 0.1) is 17.8 Å². The van der Waals surface area contributed by atoms with E-state index in [2.05, 4.69) is 10.5 Å². The zero-order chi connectivity index (χ0) is 22.3. The van der Waals surface area contributed by atoms with Crippen molar-refractivity contribution in [2.24, 2.45) is 5.92 Å². The van der Waals surface area contributed by atoms with E-state index in [1.165, 1.54) is 9.80 Å². The van der Waals surface area contributed by atoms with E-state index >= 15 is 0 Å². The van der Waals surface area contributed by atoms with Crippen molar-refractivity contribution in [3.8, 4) is 0 Å². The highest BCUT2D eigenvalue weighted by molar-refractivity contribution is 5.97. The molecule has 164 valence electrons. The molecule has 1 N–H and O–H groups in total. The second-order valence-electron chi connectivity index (χ2n) is 7.66. The molecule has 1 saturated heterocycles. The number of carbonyl (C=O) groups is 3. The van der Waals surface area contributed by atoms with Gasteiger partial charge in [-0.25, -0.2) is 18.0 Å². The molecule has 1 aromatic heterocycles. The van der Waals surface area contributed by atoms with Gasteiger partial charge >= 0.3 is 6.03 Å². The molecule has 2 aliphatic heterocycles. The first-order chi connectivity index (χ1) is 14.8. The third kappa shape index (κ3) is 3.75. The number of anilines is 2. The van der Waals surface area contributed by atoms with Crippen LogP contribution in [0.25, 0.3) is 0 Å². The molecule has 0 bridgehead atoms. The summed E-state index contributed by atoms with van der Waals surface area (Å²) < 4.78 is 45.5. The second-order valence-corrected chi connectivity index (χ2v) is 7.66. The molecule has 2 unspecified atom stereocenters. The van der Waals surface area contributed by atoms with Crippen LogP contribution < -0.4 is 10.2 Å². The number of urea groups is 1. The molecule has 2 aliphatic rings. The summed E-state index contributed by atoms with van der Waals surface area (Å²) in [6.45, 7) is 2.19. The van der Waals surface area contributed by atoms with E-state index in [9.17, 15) is 27.6 Å². The summed E-state index contributed by atoms with van der Waals surface area (Å²) >= 11 is 0. The molecule has 3 heterocycles. The lowest BCUT2D eigenvalue weighted by atomic mass is 10.0. The van der Waals surface area contributed by atoms with E-state index in [0.717, 1.165) is 0 Å². The maximum Gasteiger partial charge on any atom is 0.322 e. The van der Waals surface area contributed by atoms with Gasteiger partial charge in [0.1, 0.15) is 6.29 Å². The van der Waals surface area contributed by atoms with Crippen LogP contribution in [0.1, 0.15) is 31.0 Å². The van der Waals surface area contributed by atoms with E-state index in [-0.39, 0.29) is 36.5 Å². The number of aromatic nitrogens is 1. The van der Waals surface area contributed by atoms with Crippen molar-refractivity contribution in [1.29, 1.82) is 0 Å². The number of hydrogen-bond acceptors (Lipinski definition) is 5. The fraction of sp³-hybridized carbons (Fsp3) is 0.400. The normalized spacial score (nSPS) is 20.7. The largest absolute Gasteiger partial charge is 0.338 e. The molecular formula is C20H19F3N4O4. The maximum atomic E-state index is 13.5. The molecule has 1 fully saturated rings. The smallest absolute Gasteiger partial charge is 0.322 e. The van der Waals surface area contributed by atoms with Gasteiger partial charge in [-0.1, -0.05) is 5.16 Å². The second kappa shape index (κ2) is 8.05. The zero-order valence-electron chi connectivity index (χ0n) is 16.5. The highest BCUT2D eigenvalue weighted by Crippen LogP contribution is 2.35. The number of amides is 3. The van der Waals surface area contributed by atoms with Crippen LogP contribution in [-0.4, -0.2) is 40.9 Å². The summed E-state index contributed by atoms with van der Waals surface area (Å²) in [5.41, 5.74) is 0.943. The molecule has 0 radical (unpaired) electrons. The Labute approximate surface area is 175 Å². The van der Waals surface area contributed by atoms with Gasteiger partial charge in [0.25, 0.3) is 0 Å². The van der Waals surface area contributed by atoms with Gasteiger partial charge in [-0.15, -0.1) is 0 Å². The van der Waals surface area contributed by atoms with Crippen molar-refractivity contribution in [3.63, 3.8) is 0 Å². The molecule has 1 aromatic carbocycles. The number of rotatable bonds is 4. The van der Waals surface area contributed by atoms with Crippen LogP contribution in [-0.2, 0) is 22.6 Å². The van der Waals surface area contributed by atoms with Gasteiger partial charge in [0, 0.05) is 49.2 Å². The third-order valence-corrected chi connectivity index (χ3v) is 5.64.